The zero-order chi connectivity index (χ0) is 31.5. The van der Waals surface area contributed by atoms with E-state index >= 15 is 0 Å². The molecular formula is C28H25ClF3N7O5. The van der Waals surface area contributed by atoms with E-state index in [0.717, 1.165) is 18.4 Å². The van der Waals surface area contributed by atoms with E-state index in [4.69, 9.17) is 21.1 Å². The van der Waals surface area contributed by atoms with Gasteiger partial charge < -0.3 is 30.7 Å². The molecule has 1 fully saturated rings. The van der Waals surface area contributed by atoms with Crippen molar-refractivity contribution in [1.82, 2.24) is 20.3 Å². The summed E-state index contributed by atoms with van der Waals surface area (Å²) in [6.45, 7) is -1.25. The van der Waals surface area contributed by atoms with Crippen molar-refractivity contribution in [3.8, 4) is 11.8 Å². The fraction of sp³-hybridized carbons (Fsp3) is 0.286. The number of rotatable bonds is 13. The number of alkyl halides is 3. The zero-order valence-corrected chi connectivity index (χ0v) is 23.8. The van der Waals surface area contributed by atoms with Crippen molar-refractivity contribution in [2.45, 2.75) is 24.6 Å². The third-order valence-corrected chi connectivity index (χ3v) is 6.92. The van der Waals surface area contributed by atoms with Crippen LogP contribution in [0.3, 0.4) is 0 Å². The molecule has 16 heteroatoms. The molecule has 5 rings (SSSR count). The van der Waals surface area contributed by atoms with Crippen LogP contribution in [0.2, 0.25) is 5.02 Å². The van der Waals surface area contributed by atoms with Gasteiger partial charge in [-0.1, -0.05) is 23.7 Å². The van der Waals surface area contributed by atoms with Gasteiger partial charge in [0.25, 0.3) is 16.8 Å². The Bertz CT molecular complexity index is 1720. The first-order valence-corrected chi connectivity index (χ1v) is 13.6. The van der Waals surface area contributed by atoms with Crippen LogP contribution in [0.5, 0.6) is 11.8 Å². The molecule has 0 saturated heterocycles. The lowest BCUT2D eigenvalue weighted by molar-refractivity contribution is -0.154. The van der Waals surface area contributed by atoms with Gasteiger partial charge in [0.2, 0.25) is 11.9 Å². The van der Waals surface area contributed by atoms with Gasteiger partial charge in [0, 0.05) is 29.4 Å². The Morgan fingerprint density at radius 3 is 2.27 bits per heavy atom. The highest BCUT2D eigenvalue weighted by molar-refractivity contribution is 6.30. The summed E-state index contributed by atoms with van der Waals surface area (Å²) in [5, 5.41) is 12.1. The lowest BCUT2D eigenvalue weighted by atomic mass is 10.1. The molecule has 4 N–H and O–H groups in total. The van der Waals surface area contributed by atoms with Crippen LogP contribution in [0.25, 0.3) is 0 Å². The topological polar surface area (TPSA) is 156 Å². The summed E-state index contributed by atoms with van der Waals surface area (Å²) >= 11 is 6.00. The van der Waals surface area contributed by atoms with E-state index in [1.54, 1.807) is 24.3 Å². The van der Waals surface area contributed by atoms with Crippen molar-refractivity contribution in [3.05, 3.63) is 85.1 Å². The summed E-state index contributed by atoms with van der Waals surface area (Å²) < 4.78 is 48.2. The number of halogens is 4. The number of aromatic nitrogens is 3. The average Bonchev–Trinajstić information content (AvgIpc) is 3.77. The molecule has 4 aromatic rings. The Morgan fingerprint density at radius 1 is 0.955 bits per heavy atom. The highest BCUT2D eigenvalue weighted by Gasteiger charge is 2.45. The summed E-state index contributed by atoms with van der Waals surface area (Å²) in [4.78, 5) is 47.8. The number of amides is 1. The van der Waals surface area contributed by atoms with Gasteiger partial charge in [-0.25, -0.2) is 0 Å². The zero-order valence-electron chi connectivity index (χ0n) is 23.0. The predicted molar refractivity (Wildman–Crippen MR) is 156 cm³/mol. The Balaban J connectivity index is 1.23. The van der Waals surface area contributed by atoms with E-state index in [2.05, 4.69) is 36.2 Å². The number of carbonyl (C=O) groups excluding carboxylic acids is 1. The van der Waals surface area contributed by atoms with Gasteiger partial charge in [-0.15, -0.1) is 0 Å². The van der Waals surface area contributed by atoms with Crippen LogP contribution in [-0.2, 0) is 5.54 Å². The van der Waals surface area contributed by atoms with E-state index in [-0.39, 0.29) is 36.4 Å². The smallest absolute Gasteiger partial charge is 0.422 e. The molecule has 230 valence electrons. The predicted octanol–water partition coefficient (Wildman–Crippen LogP) is 3.76. The Labute approximate surface area is 252 Å². The summed E-state index contributed by atoms with van der Waals surface area (Å²) in [7, 11) is 1.28. The maximum absolute atomic E-state index is 12.8. The molecule has 0 spiro atoms. The van der Waals surface area contributed by atoms with Crippen LogP contribution < -0.4 is 41.6 Å². The number of nitrogens with zero attached hydrogens (tertiary/aromatic N) is 3. The Hall–Kier alpha value is -4.92. The molecule has 0 bridgehead atoms. The number of hydrogen-bond donors (Lipinski definition) is 4. The minimum atomic E-state index is -4.60. The van der Waals surface area contributed by atoms with Gasteiger partial charge in [0.05, 0.1) is 12.6 Å². The SMILES string of the molecule is COc1c(NCCNC(=O)c2ccc(Nc3nc(NC4(c5ccc(Cl)cc5)CC4)nc(OCC(F)(F)F)n3)cc2)c(=O)c1=O. The fourth-order valence-electron chi connectivity index (χ4n) is 4.30. The second-order valence-electron chi connectivity index (χ2n) is 9.83. The summed E-state index contributed by atoms with van der Waals surface area (Å²) in [6, 6.07) is 12.8. The van der Waals surface area contributed by atoms with Crippen LogP contribution in [-0.4, -0.2) is 53.8 Å². The summed E-state index contributed by atoms with van der Waals surface area (Å²) in [5.74, 6) is -0.512. The lowest BCUT2D eigenvalue weighted by Crippen LogP contribution is -2.37. The van der Waals surface area contributed by atoms with E-state index in [1.165, 1.54) is 19.2 Å². The molecule has 0 unspecified atom stereocenters. The minimum Gasteiger partial charge on any atom is -0.491 e. The molecule has 1 aliphatic carbocycles. The second kappa shape index (κ2) is 12.4. The molecule has 1 aliphatic rings. The third kappa shape index (κ3) is 7.16. The van der Waals surface area contributed by atoms with Gasteiger partial charge in [0.1, 0.15) is 5.69 Å². The molecule has 12 nitrogen and oxygen atoms in total. The quantitative estimate of drug-likeness (QED) is 0.126. The first-order valence-electron chi connectivity index (χ1n) is 13.2. The molecule has 3 aromatic carbocycles. The van der Waals surface area contributed by atoms with E-state index < -0.39 is 41.1 Å². The normalized spacial score (nSPS) is 13.7. The van der Waals surface area contributed by atoms with E-state index in [0.29, 0.717) is 16.3 Å². The number of hydrogen-bond acceptors (Lipinski definition) is 11. The fourth-order valence-corrected chi connectivity index (χ4v) is 4.42. The van der Waals surface area contributed by atoms with Crippen LogP contribution >= 0.6 is 11.6 Å². The first kappa shape index (κ1) is 30.5. The molecule has 1 saturated carbocycles. The molecule has 1 aromatic heterocycles. The number of nitrogens with one attached hydrogen (secondary N) is 4. The molecule has 0 atom stereocenters. The number of benzene rings is 2. The number of ether oxygens (including phenoxy) is 2. The minimum absolute atomic E-state index is 0.0121. The van der Waals surface area contributed by atoms with Gasteiger partial charge >= 0.3 is 12.2 Å². The van der Waals surface area contributed by atoms with Crippen molar-refractivity contribution in [3.63, 3.8) is 0 Å². The van der Waals surface area contributed by atoms with E-state index in [9.17, 15) is 27.6 Å². The summed E-state index contributed by atoms with van der Waals surface area (Å²) in [5.41, 5.74) is -0.146. The Kier molecular flexibility index (Phi) is 8.58. The molecular weight excluding hydrogens is 607 g/mol. The van der Waals surface area contributed by atoms with Crippen molar-refractivity contribution in [2.75, 3.05) is 42.8 Å². The van der Waals surface area contributed by atoms with Crippen molar-refractivity contribution in [1.29, 1.82) is 0 Å². The Morgan fingerprint density at radius 2 is 1.64 bits per heavy atom. The molecule has 0 aliphatic heterocycles. The molecule has 1 heterocycles. The first-order chi connectivity index (χ1) is 21.0. The van der Waals surface area contributed by atoms with Gasteiger partial charge in [0.15, 0.2) is 12.4 Å². The molecule has 1 amide bonds. The van der Waals surface area contributed by atoms with Gasteiger partial charge in [-0.05, 0) is 54.8 Å². The maximum atomic E-state index is 12.8. The van der Waals surface area contributed by atoms with Gasteiger partial charge in [-0.2, -0.15) is 28.1 Å². The average molecular weight is 632 g/mol. The number of methoxy groups -OCH3 is 1. The second-order valence-corrected chi connectivity index (χ2v) is 10.3. The molecule has 44 heavy (non-hydrogen) atoms. The van der Waals surface area contributed by atoms with Crippen LogP contribution in [0, 0.1) is 0 Å². The van der Waals surface area contributed by atoms with Gasteiger partial charge in [-0.3, -0.25) is 14.4 Å². The highest BCUT2D eigenvalue weighted by Crippen LogP contribution is 2.48. The third-order valence-electron chi connectivity index (χ3n) is 6.66. The standard InChI is InChI=1S/C28H25ClF3N7O5/c1-43-22-19(20(40)21(22)41)33-12-13-34-23(42)15-2-8-18(9-3-15)35-24-36-25(38-26(37-24)44-14-28(30,31)32)39-27(10-11-27)16-4-6-17(29)7-5-16/h2-9,33H,10-14H2,1H3,(H,34,42)(H2,35,36,37,38,39). The molecule has 0 radical (unpaired) electrons. The van der Waals surface area contributed by atoms with Crippen LogP contribution in [0.15, 0.2) is 58.1 Å². The van der Waals surface area contributed by atoms with Crippen molar-refractivity contribution in [2.24, 2.45) is 0 Å². The van der Waals surface area contributed by atoms with Crippen LogP contribution in [0.4, 0.5) is 36.4 Å². The lowest BCUT2D eigenvalue weighted by Gasteiger charge is -2.19. The monoisotopic (exact) mass is 631 g/mol. The number of anilines is 4. The van der Waals surface area contributed by atoms with Crippen molar-refractivity contribution < 1.29 is 27.4 Å². The van der Waals surface area contributed by atoms with E-state index in [1.807, 2.05) is 12.1 Å². The largest absolute Gasteiger partial charge is 0.491 e. The number of carbonyl (C=O) groups is 1. The highest BCUT2D eigenvalue weighted by atomic mass is 35.5. The van der Waals surface area contributed by atoms with Crippen LogP contribution in [0.1, 0.15) is 28.8 Å². The summed E-state index contributed by atoms with van der Waals surface area (Å²) in [6.07, 6.45) is -3.12. The van der Waals surface area contributed by atoms with Crippen molar-refractivity contribution >= 4 is 40.8 Å². The maximum Gasteiger partial charge on any atom is 0.422 e.